The average molecular weight is 230 g/mol. The van der Waals surface area contributed by atoms with E-state index in [2.05, 4.69) is 15.5 Å². The van der Waals surface area contributed by atoms with E-state index in [9.17, 15) is 0 Å². The Morgan fingerprint density at radius 1 is 1.60 bits per heavy atom. The van der Waals surface area contributed by atoms with Crippen molar-refractivity contribution in [3.05, 3.63) is 17.8 Å². The summed E-state index contributed by atoms with van der Waals surface area (Å²) in [7, 11) is 1.65. The molecule has 0 saturated carbocycles. The predicted octanol–water partition coefficient (Wildman–Crippen LogP) is 1.84. The number of anilines is 1. The van der Waals surface area contributed by atoms with Crippen molar-refractivity contribution in [3.63, 3.8) is 0 Å². The number of aryl methyl sites for hydroxylation is 1. The lowest BCUT2D eigenvalue weighted by Crippen LogP contribution is -2.14. The number of hydrogen-bond donors (Lipinski definition) is 1. The van der Waals surface area contributed by atoms with Gasteiger partial charge in [-0.15, -0.1) is 16.7 Å². The van der Waals surface area contributed by atoms with Crippen LogP contribution in [0.1, 0.15) is 12.0 Å². The van der Waals surface area contributed by atoms with Gasteiger partial charge >= 0.3 is 0 Å². The van der Waals surface area contributed by atoms with Crippen molar-refractivity contribution in [1.29, 1.82) is 0 Å². The van der Waals surface area contributed by atoms with E-state index in [1.807, 2.05) is 13.0 Å². The van der Waals surface area contributed by atoms with Crippen LogP contribution in [0.5, 0.6) is 0 Å². The molecule has 0 aromatic carbocycles. The van der Waals surface area contributed by atoms with Gasteiger partial charge in [0.2, 0.25) is 0 Å². The summed E-state index contributed by atoms with van der Waals surface area (Å²) in [5, 5.41) is 11.0. The number of halogens is 1. The van der Waals surface area contributed by atoms with E-state index >= 15 is 0 Å². The monoisotopic (exact) mass is 229 g/mol. The van der Waals surface area contributed by atoms with Crippen molar-refractivity contribution < 1.29 is 4.74 Å². The summed E-state index contributed by atoms with van der Waals surface area (Å²) in [4.78, 5) is 0. The lowest BCUT2D eigenvalue weighted by Gasteiger charge is -2.09. The van der Waals surface area contributed by atoms with Crippen LogP contribution in [0.25, 0.3) is 0 Å². The van der Waals surface area contributed by atoms with Crippen molar-refractivity contribution in [2.24, 2.45) is 0 Å². The molecule has 0 saturated heterocycles. The SMILES string of the molecule is COCC(Cl)CCNc1cc(C)cnn1. The van der Waals surface area contributed by atoms with Crippen molar-refractivity contribution in [2.75, 3.05) is 25.6 Å². The Morgan fingerprint density at radius 3 is 3.07 bits per heavy atom. The smallest absolute Gasteiger partial charge is 0.148 e. The standard InChI is InChI=1S/C10H16ClN3O/c1-8-5-10(14-13-6-8)12-4-3-9(11)7-15-2/h5-6,9H,3-4,7H2,1-2H3,(H,12,14). The minimum Gasteiger partial charge on any atom is -0.383 e. The van der Waals surface area contributed by atoms with Crippen LogP contribution < -0.4 is 5.32 Å². The number of nitrogens with zero attached hydrogens (tertiary/aromatic N) is 2. The van der Waals surface area contributed by atoms with Gasteiger partial charge in [0.15, 0.2) is 0 Å². The maximum absolute atomic E-state index is 5.98. The van der Waals surface area contributed by atoms with Gasteiger partial charge in [-0.1, -0.05) is 0 Å². The van der Waals surface area contributed by atoms with Crippen LogP contribution >= 0.6 is 11.6 Å². The zero-order valence-corrected chi connectivity index (χ0v) is 9.79. The highest BCUT2D eigenvalue weighted by Gasteiger charge is 2.03. The molecule has 0 aliphatic heterocycles. The summed E-state index contributed by atoms with van der Waals surface area (Å²) in [5.41, 5.74) is 1.09. The van der Waals surface area contributed by atoms with E-state index in [4.69, 9.17) is 16.3 Å². The minimum atomic E-state index is 0.0419. The van der Waals surface area contributed by atoms with Crippen molar-refractivity contribution in [2.45, 2.75) is 18.7 Å². The van der Waals surface area contributed by atoms with Gasteiger partial charge in [0, 0.05) is 13.7 Å². The molecule has 15 heavy (non-hydrogen) atoms. The highest BCUT2D eigenvalue weighted by molar-refractivity contribution is 6.20. The molecule has 1 rings (SSSR count). The third-order valence-corrected chi connectivity index (χ3v) is 2.25. The summed E-state index contributed by atoms with van der Waals surface area (Å²) in [6, 6.07) is 1.95. The number of aromatic nitrogens is 2. The molecule has 1 aromatic rings. The van der Waals surface area contributed by atoms with Gasteiger partial charge < -0.3 is 10.1 Å². The number of rotatable bonds is 6. The zero-order valence-electron chi connectivity index (χ0n) is 9.03. The Labute approximate surface area is 95.0 Å². The molecule has 0 bridgehead atoms. The number of methoxy groups -OCH3 is 1. The Morgan fingerprint density at radius 2 is 2.40 bits per heavy atom. The molecule has 0 fully saturated rings. The number of ether oxygens (including phenoxy) is 1. The van der Waals surface area contributed by atoms with Gasteiger partial charge in [-0.05, 0) is 25.0 Å². The van der Waals surface area contributed by atoms with Gasteiger partial charge in [0.25, 0.3) is 0 Å². The Kier molecular flexibility index (Phi) is 5.36. The highest BCUT2D eigenvalue weighted by Crippen LogP contribution is 2.06. The van der Waals surface area contributed by atoms with Gasteiger partial charge in [0.05, 0.1) is 18.2 Å². The molecule has 0 aliphatic carbocycles. The predicted molar refractivity (Wildman–Crippen MR) is 61.4 cm³/mol. The van der Waals surface area contributed by atoms with Crippen molar-refractivity contribution in [3.8, 4) is 0 Å². The third-order valence-electron chi connectivity index (χ3n) is 1.90. The molecular weight excluding hydrogens is 214 g/mol. The first kappa shape index (κ1) is 12.2. The molecule has 84 valence electrons. The van der Waals surface area contributed by atoms with E-state index < -0.39 is 0 Å². The molecule has 1 heterocycles. The fourth-order valence-corrected chi connectivity index (χ4v) is 1.41. The van der Waals surface area contributed by atoms with Crippen LogP contribution in [0.4, 0.5) is 5.82 Å². The molecule has 4 nitrogen and oxygen atoms in total. The first-order valence-corrected chi connectivity index (χ1v) is 5.32. The van der Waals surface area contributed by atoms with Crippen LogP contribution in [0.2, 0.25) is 0 Å². The molecule has 1 aromatic heterocycles. The van der Waals surface area contributed by atoms with E-state index in [0.29, 0.717) is 6.61 Å². The summed E-state index contributed by atoms with van der Waals surface area (Å²) >= 11 is 5.98. The van der Waals surface area contributed by atoms with Crippen LogP contribution in [-0.2, 0) is 4.74 Å². The molecule has 0 radical (unpaired) electrons. The molecule has 0 amide bonds. The van der Waals surface area contributed by atoms with Crippen molar-refractivity contribution >= 4 is 17.4 Å². The highest BCUT2D eigenvalue weighted by atomic mass is 35.5. The molecular formula is C10H16ClN3O. The van der Waals surface area contributed by atoms with Gasteiger partial charge in [-0.2, -0.15) is 5.10 Å². The average Bonchev–Trinajstić information content (AvgIpc) is 2.18. The summed E-state index contributed by atoms with van der Waals surface area (Å²) < 4.78 is 4.94. The Balaban J connectivity index is 2.25. The van der Waals surface area contributed by atoms with E-state index in [0.717, 1.165) is 24.3 Å². The van der Waals surface area contributed by atoms with Crippen LogP contribution in [0.3, 0.4) is 0 Å². The topological polar surface area (TPSA) is 47.0 Å². The quantitative estimate of drug-likeness (QED) is 0.757. The Hall–Kier alpha value is -0.870. The fourth-order valence-electron chi connectivity index (χ4n) is 1.17. The summed E-state index contributed by atoms with van der Waals surface area (Å²) in [5.74, 6) is 0.788. The maximum Gasteiger partial charge on any atom is 0.148 e. The fraction of sp³-hybridized carbons (Fsp3) is 0.600. The van der Waals surface area contributed by atoms with Crippen LogP contribution in [0, 0.1) is 6.92 Å². The third kappa shape index (κ3) is 4.95. The second kappa shape index (κ2) is 6.58. The van der Waals surface area contributed by atoms with Crippen molar-refractivity contribution in [1.82, 2.24) is 10.2 Å². The largest absolute Gasteiger partial charge is 0.383 e. The lowest BCUT2D eigenvalue weighted by atomic mass is 10.3. The second-order valence-electron chi connectivity index (χ2n) is 3.39. The van der Waals surface area contributed by atoms with E-state index in [-0.39, 0.29) is 5.38 Å². The van der Waals surface area contributed by atoms with Crippen LogP contribution in [0.15, 0.2) is 12.3 Å². The number of hydrogen-bond acceptors (Lipinski definition) is 4. The zero-order chi connectivity index (χ0) is 11.1. The van der Waals surface area contributed by atoms with Gasteiger partial charge in [-0.3, -0.25) is 0 Å². The molecule has 1 N–H and O–H groups in total. The normalized spacial score (nSPS) is 12.5. The van der Waals surface area contributed by atoms with E-state index in [1.165, 1.54) is 0 Å². The number of nitrogens with one attached hydrogen (secondary N) is 1. The molecule has 0 spiro atoms. The lowest BCUT2D eigenvalue weighted by molar-refractivity contribution is 0.196. The first-order valence-electron chi connectivity index (χ1n) is 4.88. The van der Waals surface area contributed by atoms with E-state index in [1.54, 1.807) is 13.3 Å². The molecule has 1 atom stereocenters. The van der Waals surface area contributed by atoms with Gasteiger partial charge in [0.1, 0.15) is 5.82 Å². The molecule has 1 unspecified atom stereocenters. The first-order chi connectivity index (χ1) is 7.22. The maximum atomic E-state index is 5.98. The van der Waals surface area contributed by atoms with Gasteiger partial charge in [-0.25, -0.2) is 0 Å². The Bertz CT molecular complexity index is 296. The number of alkyl halides is 1. The summed E-state index contributed by atoms with van der Waals surface area (Å²) in [6.45, 7) is 3.33. The minimum absolute atomic E-state index is 0.0419. The molecule has 5 heteroatoms. The van der Waals surface area contributed by atoms with Crippen LogP contribution in [-0.4, -0.2) is 35.8 Å². The molecule has 0 aliphatic rings. The second-order valence-corrected chi connectivity index (χ2v) is 4.00. The summed E-state index contributed by atoms with van der Waals surface area (Å²) in [6.07, 6.45) is 2.56.